The van der Waals surface area contributed by atoms with Gasteiger partial charge in [-0.3, -0.25) is 4.79 Å². The van der Waals surface area contributed by atoms with Crippen molar-refractivity contribution in [3.63, 3.8) is 0 Å². The summed E-state index contributed by atoms with van der Waals surface area (Å²) in [5, 5.41) is 0.186. The Bertz CT molecular complexity index is 1520. The third kappa shape index (κ3) is 12.1. The highest BCUT2D eigenvalue weighted by atomic mass is 28.4. The highest BCUT2D eigenvalue weighted by Crippen LogP contribution is 2.45. The molecule has 1 unspecified atom stereocenters. The van der Waals surface area contributed by atoms with E-state index in [1.165, 1.54) is 0 Å². The van der Waals surface area contributed by atoms with Crippen LogP contribution in [0.2, 0.25) is 36.3 Å². The lowest BCUT2D eigenvalue weighted by atomic mass is 9.89. The number of carbonyl (C=O) groups excluding carboxylic acids is 1. The van der Waals surface area contributed by atoms with Crippen molar-refractivity contribution >= 4 is 22.6 Å². The Morgan fingerprint density at radius 1 is 0.982 bits per heavy atom. The van der Waals surface area contributed by atoms with E-state index in [0.717, 1.165) is 24.0 Å². The minimum Gasteiger partial charge on any atom is -0.457 e. The van der Waals surface area contributed by atoms with Gasteiger partial charge in [-0.05, 0) is 87.3 Å². The van der Waals surface area contributed by atoms with Crippen LogP contribution in [0.3, 0.4) is 0 Å². The first-order valence-electron chi connectivity index (χ1n) is 21.5. The molecule has 56 heavy (non-hydrogen) atoms. The summed E-state index contributed by atoms with van der Waals surface area (Å²) < 4.78 is 39.8. The van der Waals surface area contributed by atoms with E-state index in [1.54, 1.807) is 0 Å². The van der Waals surface area contributed by atoms with E-state index in [4.69, 9.17) is 27.8 Å². The number of esters is 1. The molecule has 4 rings (SSSR count). The van der Waals surface area contributed by atoms with Gasteiger partial charge in [0.25, 0.3) is 0 Å². The van der Waals surface area contributed by atoms with Gasteiger partial charge in [0, 0.05) is 23.5 Å². The Kier molecular flexibility index (Phi) is 15.6. The Labute approximate surface area is 343 Å². The van der Waals surface area contributed by atoms with Crippen molar-refractivity contribution in [3.8, 4) is 0 Å². The number of epoxide rings is 1. The molecule has 3 aliphatic rings. The largest absolute Gasteiger partial charge is 0.457 e. The van der Waals surface area contributed by atoms with Crippen molar-refractivity contribution in [1.82, 2.24) is 0 Å². The van der Waals surface area contributed by atoms with Gasteiger partial charge in [-0.2, -0.15) is 0 Å². The van der Waals surface area contributed by atoms with Crippen LogP contribution in [0.15, 0.2) is 66.3 Å². The number of carbonyl (C=O) groups is 1. The third-order valence-electron chi connectivity index (χ3n) is 13.5. The summed E-state index contributed by atoms with van der Waals surface area (Å²) in [4.78, 5) is 13.8. The second-order valence-electron chi connectivity index (χ2n) is 20.5. The van der Waals surface area contributed by atoms with Crippen molar-refractivity contribution in [2.75, 3.05) is 0 Å². The zero-order valence-electron chi connectivity index (χ0n) is 37.9. The van der Waals surface area contributed by atoms with E-state index in [1.807, 2.05) is 30.3 Å². The number of hydrogen-bond acceptors (Lipinski definition) is 7. The molecule has 9 heteroatoms. The molecule has 3 heterocycles. The SMILES string of the molecule is CC[C@@H](O[Si](C)(C)C(C)(C)C)[C@@H](C)[C@H]1O[C@H]1C[C@H](C)/C=C/C=C(\C)[C@H]1OC(=O)C[C@H](O[Si](C)(C)C(C)(C)C)CC[C@@]2(C)OC(c3ccccc3)O[C@H]2/C=C/[C@@H]1C. The number of cyclic esters (lactones) is 1. The molecule has 316 valence electrons. The minimum atomic E-state index is -2.19. The van der Waals surface area contributed by atoms with Gasteiger partial charge < -0.3 is 27.8 Å². The lowest BCUT2D eigenvalue weighted by Gasteiger charge is -2.40. The first-order chi connectivity index (χ1) is 25.9. The minimum absolute atomic E-state index is 0.00279. The van der Waals surface area contributed by atoms with Crippen molar-refractivity contribution in [2.45, 2.75) is 200 Å². The molecule has 7 nitrogen and oxygen atoms in total. The first-order valence-corrected chi connectivity index (χ1v) is 27.3. The maximum Gasteiger partial charge on any atom is 0.308 e. The maximum absolute atomic E-state index is 13.8. The van der Waals surface area contributed by atoms with E-state index in [2.05, 4.69) is 140 Å². The number of hydrogen-bond donors (Lipinski definition) is 0. The normalized spacial score (nSPS) is 32.2. The fourth-order valence-electron chi connectivity index (χ4n) is 7.51. The third-order valence-corrected chi connectivity index (χ3v) is 22.5. The van der Waals surface area contributed by atoms with E-state index >= 15 is 0 Å². The van der Waals surface area contributed by atoms with Gasteiger partial charge >= 0.3 is 5.97 Å². The van der Waals surface area contributed by atoms with Gasteiger partial charge in [-0.25, -0.2) is 0 Å². The van der Waals surface area contributed by atoms with Crippen LogP contribution in [0.25, 0.3) is 0 Å². The van der Waals surface area contributed by atoms with Crippen molar-refractivity contribution in [2.24, 2.45) is 17.8 Å². The van der Waals surface area contributed by atoms with Crippen LogP contribution in [0.1, 0.15) is 127 Å². The molecule has 0 spiro atoms. The molecular formula is C47H78O7Si2. The molecule has 1 aromatic carbocycles. The highest BCUT2D eigenvalue weighted by Gasteiger charge is 2.49. The van der Waals surface area contributed by atoms with E-state index in [-0.39, 0.29) is 58.9 Å². The molecule has 3 aliphatic heterocycles. The summed E-state index contributed by atoms with van der Waals surface area (Å²) in [5.41, 5.74) is 1.40. The summed E-state index contributed by atoms with van der Waals surface area (Å²) in [6, 6.07) is 10.1. The standard InChI is InChI=1S/C47H78O7Si2/c1-17-38(54-56(15,16)46(9,10)11)35(5)43-39(49-43)30-32(2)22-21-23-33(3)42-34(4)26-27-40-47(12,52-44(50-40)36-24-19-18-20-25-36)29-28-37(31-41(48)51-42)53-55(13,14)45(6,7)8/h18-27,32,34-35,37-40,42-44H,17,28-31H2,1-16H3/b22-21+,27-26+,33-23+/t32-,34+,35-,37-,38-,39+,40+,42-,43-,44?,47-/m1/s1. The Hall–Kier alpha value is -1.86. The molecular weight excluding hydrogens is 733 g/mol. The second-order valence-corrected chi connectivity index (χ2v) is 30.0. The quantitative estimate of drug-likeness (QED) is 0.0645. The smallest absolute Gasteiger partial charge is 0.308 e. The highest BCUT2D eigenvalue weighted by molar-refractivity contribution is 6.74. The lowest BCUT2D eigenvalue weighted by molar-refractivity contribution is -0.151. The fraction of sp³-hybridized carbons (Fsp3) is 0.723. The van der Waals surface area contributed by atoms with Crippen LogP contribution < -0.4 is 0 Å². The monoisotopic (exact) mass is 811 g/mol. The summed E-state index contributed by atoms with van der Waals surface area (Å²) in [6.45, 7) is 35.9. The molecule has 0 N–H and O–H groups in total. The zero-order chi connectivity index (χ0) is 41.9. The van der Waals surface area contributed by atoms with E-state index in [9.17, 15) is 4.79 Å². The molecule has 2 fully saturated rings. The molecule has 1 aromatic rings. The average Bonchev–Trinajstić information content (AvgIpc) is 3.78. The van der Waals surface area contributed by atoms with Crippen LogP contribution in [0.4, 0.5) is 0 Å². The van der Waals surface area contributed by atoms with Crippen molar-refractivity contribution in [3.05, 3.63) is 71.8 Å². The maximum atomic E-state index is 13.8. The zero-order valence-corrected chi connectivity index (χ0v) is 39.9. The number of rotatable bonds is 13. The lowest BCUT2D eigenvalue weighted by Crippen LogP contribution is -2.46. The molecule has 11 atom stereocenters. The fourth-order valence-corrected chi connectivity index (χ4v) is 10.4. The molecule has 0 aromatic heterocycles. The van der Waals surface area contributed by atoms with E-state index < -0.39 is 34.6 Å². The molecule has 0 radical (unpaired) electrons. The van der Waals surface area contributed by atoms with Gasteiger partial charge in [0.2, 0.25) is 0 Å². The molecule has 0 aliphatic carbocycles. The first kappa shape index (κ1) is 46.8. The second kappa shape index (κ2) is 18.6. The van der Waals surface area contributed by atoms with Gasteiger partial charge in [0.05, 0.1) is 30.3 Å². The number of fused-ring (bicyclic) bond motifs is 1. The van der Waals surface area contributed by atoms with Gasteiger partial charge in [-0.15, -0.1) is 0 Å². The summed E-state index contributed by atoms with van der Waals surface area (Å²) >= 11 is 0. The summed E-state index contributed by atoms with van der Waals surface area (Å²) in [6.07, 6.45) is 13.5. The van der Waals surface area contributed by atoms with Crippen LogP contribution in [0, 0.1) is 17.8 Å². The number of allylic oxidation sites excluding steroid dienone is 3. The van der Waals surface area contributed by atoms with Crippen LogP contribution in [0.5, 0.6) is 0 Å². The predicted octanol–water partition coefficient (Wildman–Crippen LogP) is 12.3. The van der Waals surface area contributed by atoms with Crippen LogP contribution in [-0.2, 0) is 32.6 Å². The number of benzene rings is 1. The summed E-state index contributed by atoms with van der Waals surface area (Å²) in [7, 11) is -4.05. The van der Waals surface area contributed by atoms with Crippen LogP contribution in [-0.4, -0.2) is 64.8 Å². The molecule has 0 saturated carbocycles. The van der Waals surface area contributed by atoms with E-state index in [0.29, 0.717) is 24.7 Å². The van der Waals surface area contributed by atoms with Crippen molar-refractivity contribution < 1.29 is 32.6 Å². The Morgan fingerprint density at radius 2 is 1.62 bits per heavy atom. The summed E-state index contributed by atoms with van der Waals surface area (Å²) in [5.74, 6) is 0.372. The van der Waals surface area contributed by atoms with Gasteiger partial charge in [0.15, 0.2) is 22.9 Å². The Balaban J connectivity index is 1.49. The van der Waals surface area contributed by atoms with Gasteiger partial charge in [-0.1, -0.05) is 130 Å². The molecule has 0 bridgehead atoms. The predicted molar refractivity (Wildman–Crippen MR) is 235 cm³/mol. The average molecular weight is 811 g/mol. The molecule has 0 amide bonds. The molecule has 2 saturated heterocycles. The van der Waals surface area contributed by atoms with Crippen LogP contribution >= 0.6 is 0 Å². The number of ether oxygens (including phenoxy) is 4. The van der Waals surface area contributed by atoms with Crippen molar-refractivity contribution in [1.29, 1.82) is 0 Å². The Morgan fingerprint density at radius 3 is 2.23 bits per heavy atom. The van der Waals surface area contributed by atoms with Gasteiger partial charge in [0.1, 0.15) is 12.2 Å². The topological polar surface area (TPSA) is 75.8 Å².